The van der Waals surface area contributed by atoms with Crippen LogP contribution in [0.3, 0.4) is 0 Å². The molecule has 1 heterocycles. The fraction of sp³-hybridized carbons (Fsp3) is 0.357. The standard InChI is InChI=1S/C14H18N2/c1-12(2)8-10-16-11-9-14(15-16)13-6-4-3-5-7-13/h3-7,9,11-12H,8,10H2,1-2H3. The van der Waals surface area contributed by atoms with Crippen LogP contribution in [0.2, 0.25) is 0 Å². The van der Waals surface area contributed by atoms with Crippen LogP contribution in [0.5, 0.6) is 0 Å². The van der Waals surface area contributed by atoms with Gasteiger partial charge in [0.05, 0.1) is 5.69 Å². The summed E-state index contributed by atoms with van der Waals surface area (Å²) in [7, 11) is 0. The van der Waals surface area contributed by atoms with E-state index in [4.69, 9.17) is 0 Å². The van der Waals surface area contributed by atoms with Crippen LogP contribution >= 0.6 is 0 Å². The second kappa shape index (κ2) is 4.97. The average Bonchev–Trinajstić information content (AvgIpc) is 2.76. The highest BCUT2D eigenvalue weighted by atomic mass is 15.3. The molecule has 16 heavy (non-hydrogen) atoms. The molecule has 84 valence electrons. The van der Waals surface area contributed by atoms with Crippen LogP contribution in [0.25, 0.3) is 11.3 Å². The van der Waals surface area contributed by atoms with E-state index in [-0.39, 0.29) is 0 Å². The van der Waals surface area contributed by atoms with Crippen LogP contribution in [-0.4, -0.2) is 9.78 Å². The normalized spacial score (nSPS) is 10.9. The predicted octanol–water partition coefficient (Wildman–Crippen LogP) is 3.60. The van der Waals surface area contributed by atoms with Crippen LogP contribution in [0.4, 0.5) is 0 Å². The van der Waals surface area contributed by atoms with Gasteiger partial charge in [0.1, 0.15) is 0 Å². The smallest absolute Gasteiger partial charge is 0.0923 e. The molecule has 2 nitrogen and oxygen atoms in total. The highest BCUT2D eigenvalue weighted by Gasteiger charge is 2.02. The van der Waals surface area contributed by atoms with Crippen LogP contribution in [0.1, 0.15) is 20.3 Å². The van der Waals surface area contributed by atoms with Gasteiger partial charge in [-0.25, -0.2) is 0 Å². The largest absolute Gasteiger partial charge is 0.272 e. The van der Waals surface area contributed by atoms with E-state index in [0.29, 0.717) is 0 Å². The molecule has 0 atom stereocenters. The number of nitrogens with zero attached hydrogens (tertiary/aromatic N) is 2. The van der Waals surface area contributed by atoms with Crippen LogP contribution < -0.4 is 0 Å². The Hall–Kier alpha value is -1.57. The first kappa shape index (κ1) is 10.9. The third-order valence-corrected chi connectivity index (χ3v) is 2.65. The lowest BCUT2D eigenvalue weighted by atomic mass is 10.1. The Kier molecular flexibility index (Phi) is 3.40. The molecule has 0 aliphatic heterocycles. The highest BCUT2D eigenvalue weighted by molar-refractivity contribution is 5.57. The molecule has 0 saturated carbocycles. The van der Waals surface area contributed by atoms with E-state index in [2.05, 4.69) is 43.3 Å². The van der Waals surface area contributed by atoms with Gasteiger partial charge < -0.3 is 0 Å². The molecule has 0 fully saturated rings. The highest BCUT2D eigenvalue weighted by Crippen LogP contribution is 2.16. The lowest BCUT2D eigenvalue weighted by Crippen LogP contribution is -2.01. The molecular formula is C14H18N2. The lowest BCUT2D eigenvalue weighted by molar-refractivity contribution is 0.488. The minimum atomic E-state index is 0.726. The molecule has 0 radical (unpaired) electrons. The molecule has 2 aromatic rings. The van der Waals surface area contributed by atoms with E-state index >= 15 is 0 Å². The summed E-state index contributed by atoms with van der Waals surface area (Å²) >= 11 is 0. The summed E-state index contributed by atoms with van der Waals surface area (Å²) in [6.07, 6.45) is 3.24. The Bertz CT molecular complexity index is 429. The zero-order valence-corrected chi connectivity index (χ0v) is 9.93. The fourth-order valence-corrected chi connectivity index (χ4v) is 1.64. The molecule has 0 bridgehead atoms. The SMILES string of the molecule is CC(C)CCn1ccc(-c2ccccc2)n1. The van der Waals surface area contributed by atoms with Crippen LogP contribution in [0, 0.1) is 5.92 Å². The summed E-state index contributed by atoms with van der Waals surface area (Å²) < 4.78 is 2.03. The monoisotopic (exact) mass is 214 g/mol. The molecule has 0 spiro atoms. The number of aryl methyl sites for hydroxylation is 1. The molecular weight excluding hydrogens is 196 g/mol. The van der Waals surface area contributed by atoms with Crippen molar-refractivity contribution in [1.82, 2.24) is 9.78 Å². The summed E-state index contributed by atoms with van der Waals surface area (Å²) in [5, 5.41) is 4.57. The molecule has 0 amide bonds. The van der Waals surface area contributed by atoms with Crippen molar-refractivity contribution in [2.24, 2.45) is 5.92 Å². The van der Waals surface area contributed by atoms with Gasteiger partial charge in [-0.1, -0.05) is 44.2 Å². The molecule has 0 saturated heterocycles. The Labute approximate surface area is 96.9 Å². The molecule has 2 rings (SSSR count). The summed E-state index contributed by atoms with van der Waals surface area (Å²) in [5.41, 5.74) is 2.25. The van der Waals surface area contributed by atoms with Gasteiger partial charge in [0.25, 0.3) is 0 Å². The molecule has 2 heteroatoms. The van der Waals surface area contributed by atoms with Crippen molar-refractivity contribution in [2.75, 3.05) is 0 Å². The Balaban J connectivity index is 2.08. The number of hydrogen-bond donors (Lipinski definition) is 0. The van der Waals surface area contributed by atoms with Crippen molar-refractivity contribution in [3.8, 4) is 11.3 Å². The first-order chi connectivity index (χ1) is 7.75. The van der Waals surface area contributed by atoms with Crippen molar-refractivity contribution in [2.45, 2.75) is 26.8 Å². The zero-order valence-electron chi connectivity index (χ0n) is 9.93. The number of rotatable bonds is 4. The maximum atomic E-state index is 4.57. The molecule has 0 N–H and O–H groups in total. The number of benzene rings is 1. The molecule has 0 aliphatic carbocycles. The Morgan fingerprint density at radius 3 is 2.56 bits per heavy atom. The molecule has 1 aromatic carbocycles. The van der Waals surface area contributed by atoms with Crippen molar-refractivity contribution in [1.29, 1.82) is 0 Å². The van der Waals surface area contributed by atoms with E-state index in [1.807, 2.05) is 22.9 Å². The average molecular weight is 214 g/mol. The molecule has 0 unspecified atom stereocenters. The third kappa shape index (κ3) is 2.72. The van der Waals surface area contributed by atoms with Crippen molar-refractivity contribution >= 4 is 0 Å². The van der Waals surface area contributed by atoms with Crippen LogP contribution in [0.15, 0.2) is 42.6 Å². The third-order valence-electron chi connectivity index (χ3n) is 2.65. The van der Waals surface area contributed by atoms with E-state index in [1.54, 1.807) is 0 Å². The second-order valence-electron chi connectivity index (χ2n) is 4.51. The minimum absolute atomic E-state index is 0.726. The number of hydrogen-bond acceptors (Lipinski definition) is 1. The van der Waals surface area contributed by atoms with Gasteiger partial charge in [-0.05, 0) is 18.4 Å². The maximum absolute atomic E-state index is 4.57. The van der Waals surface area contributed by atoms with Gasteiger partial charge >= 0.3 is 0 Å². The predicted molar refractivity (Wildman–Crippen MR) is 67.1 cm³/mol. The van der Waals surface area contributed by atoms with E-state index in [1.165, 1.54) is 12.0 Å². The first-order valence-electron chi connectivity index (χ1n) is 5.84. The molecule has 1 aromatic heterocycles. The van der Waals surface area contributed by atoms with Gasteiger partial charge in [0, 0.05) is 18.3 Å². The zero-order chi connectivity index (χ0) is 11.4. The van der Waals surface area contributed by atoms with Crippen molar-refractivity contribution < 1.29 is 0 Å². The number of aromatic nitrogens is 2. The van der Waals surface area contributed by atoms with Gasteiger partial charge in [-0.2, -0.15) is 5.10 Å². The summed E-state index contributed by atoms with van der Waals surface area (Å²) in [6.45, 7) is 5.48. The molecule has 0 aliphatic rings. The topological polar surface area (TPSA) is 17.8 Å². The summed E-state index contributed by atoms with van der Waals surface area (Å²) in [6, 6.07) is 12.4. The van der Waals surface area contributed by atoms with Gasteiger partial charge in [-0.3, -0.25) is 4.68 Å². The van der Waals surface area contributed by atoms with Crippen LogP contribution in [-0.2, 0) is 6.54 Å². The minimum Gasteiger partial charge on any atom is -0.272 e. The maximum Gasteiger partial charge on any atom is 0.0923 e. The summed E-state index contributed by atoms with van der Waals surface area (Å²) in [4.78, 5) is 0. The van der Waals surface area contributed by atoms with Gasteiger partial charge in [0.15, 0.2) is 0 Å². The van der Waals surface area contributed by atoms with Crippen molar-refractivity contribution in [3.05, 3.63) is 42.6 Å². The lowest BCUT2D eigenvalue weighted by Gasteiger charge is -2.04. The van der Waals surface area contributed by atoms with Gasteiger partial charge in [0.2, 0.25) is 0 Å². The van der Waals surface area contributed by atoms with E-state index in [0.717, 1.165) is 18.2 Å². The Morgan fingerprint density at radius 2 is 1.88 bits per heavy atom. The second-order valence-corrected chi connectivity index (χ2v) is 4.51. The van der Waals surface area contributed by atoms with Crippen molar-refractivity contribution in [3.63, 3.8) is 0 Å². The Morgan fingerprint density at radius 1 is 1.12 bits per heavy atom. The van der Waals surface area contributed by atoms with E-state index < -0.39 is 0 Å². The first-order valence-corrected chi connectivity index (χ1v) is 5.84. The summed E-state index contributed by atoms with van der Waals surface area (Å²) in [5.74, 6) is 0.726. The van der Waals surface area contributed by atoms with E-state index in [9.17, 15) is 0 Å². The quantitative estimate of drug-likeness (QED) is 0.760. The van der Waals surface area contributed by atoms with Gasteiger partial charge in [-0.15, -0.1) is 0 Å². The fourth-order valence-electron chi connectivity index (χ4n) is 1.64.